The summed E-state index contributed by atoms with van der Waals surface area (Å²) < 4.78 is 62.1. The first-order valence-corrected chi connectivity index (χ1v) is 5.78. The molecule has 0 aromatic heterocycles. The van der Waals surface area contributed by atoms with Crippen LogP contribution in [0.2, 0.25) is 0 Å². The zero-order valence-corrected chi connectivity index (χ0v) is 11.0. The van der Waals surface area contributed by atoms with Crippen LogP contribution in [0.25, 0.3) is 0 Å². The Labute approximate surface area is 111 Å². The normalized spacial score (nSPS) is 12.7. The molecule has 0 atom stereocenters. The molecule has 0 bridgehead atoms. The maximum Gasteiger partial charge on any atom is 0.463 e. The second-order valence-electron chi connectivity index (χ2n) is 4.32. The molecule has 0 radical (unpaired) electrons. The van der Waals surface area contributed by atoms with E-state index in [-0.39, 0.29) is 10.8 Å². The molecule has 0 aliphatic heterocycles. The van der Waals surface area contributed by atoms with Crippen molar-refractivity contribution < 1.29 is 31.5 Å². The topological polar surface area (TPSA) is 37.4 Å². The first kappa shape index (κ1) is 18.1. The standard InChI is InChI=1S/C10H13ClF5NO2/c1-6(2)4-17(5-7(18)3-11)8(19)9(12,13)10(14,15)16/h6H,3-5H2,1-2H3. The first-order valence-electron chi connectivity index (χ1n) is 5.25. The molecular weight excluding hydrogens is 297 g/mol. The highest BCUT2D eigenvalue weighted by Crippen LogP contribution is 2.37. The van der Waals surface area contributed by atoms with E-state index in [4.69, 9.17) is 11.6 Å². The van der Waals surface area contributed by atoms with Crippen LogP contribution in [0.5, 0.6) is 0 Å². The average Bonchev–Trinajstić information content (AvgIpc) is 2.24. The monoisotopic (exact) mass is 309 g/mol. The number of halogens is 6. The molecule has 0 saturated carbocycles. The molecule has 0 saturated heterocycles. The van der Waals surface area contributed by atoms with Crippen LogP contribution in [0.1, 0.15) is 13.8 Å². The Morgan fingerprint density at radius 1 is 1.16 bits per heavy atom. The lowest BCUT2D eigenvalue weighted by atomic mass is 10.1. The van der Waals surface area contributed by atoms with Gasteiger partial charge >= 0.3 is 18.0 Å². The number of ketones is 1. The summed E-state index contributed by atoms with van der Waals surface area (Å²) in [5.74, 6) is -9.72. The van der Waals surface area contributed by atoms with Crippen LogP contribution in [0, 0.1) is 5.92 Å². The molecule has 19 heavy (non-hydrogen) atoms. The molecule has 1 amide bonds. The van der Waals surface area contributed by atoms with E-state index < -0.39 is 42.8 Å². The van der Waals surface area contributed by atoms with Gasteiger partial charge in [0.2, 0.25) is 0 Å². The quantitative estimate of drug-likeness (QED) is 0.558. The van der Waals surface area contributed by atoms with E-state index >= 15 is 0 Å². The molecule has 0 unspecified atom stereocenters. The lowest BCUT2D eigenvalue weighted by molar-refractivity contribution is -0.274. The SMILES string of the molecule is CC(C)CN(CC(=O)CCl)C(=O)C(F)(F)C(F)(F)F. The summed E-state index contributed by atoms with van der Waals surface area (Å²) in [6.45, 7) is 1.76. The summed E-state index contributed by atoms with van der Waals surface area (Å²) in [4.78, 5) is 22.5. The van der Waals surface area contributed by atoms with E-state index in [0.717, 1.165) is 0 Å². The Kier molecular flexibility index (Phi) is 6.18. The number of hydrogen-bond acceptors (Lipinski definition) is 2. The summed E-state index contributed by atoms with van der Waals surface area (Å²) in [5, 5.41) is 0. The maximum atomic E-state index is 12.9. The predicted molar refractivity (Wildman–Crippen MR) is 58.1 cm³/mol. The Morgan fingerprint density at radius 2 is 1.63 bits per heavy atom. The van der Waals surface area contributed by atoms with E-state index in [1.165, 1.54) is 13.8 Å². The maximum absolute atomic E-state index is 12.9. The Morgan fingerprint density at radius 3 is 1.95 bits per heavy atom. The van der Waals surface area contributed by atoms with Crippen LogP contribution >= 0.6 is 11.6 Å². The highest BCUT2D eigenvalue weighted by atomic mass is 35.5. The molecule has 112 valence electrons. The van der Waals surface area contributed by atoms with Gasteiger partial charge in [-0.25, -0.2) is 0 Å². The highest BCUT2D eigenvalue weighted by molar-refractivity contribution is 6.28. The van der Waals surface area contributed by atoms with Crippen molar-refractivity contribution in [3.05, 3.63) is 0 Å². The number of hydrogen-bond donors (Lipinski definition) is 0. The molecule has 0 N–H and O–H groups in total. The number of alkyl halides is 6. The van der Waals surface area contributed by atoms with Gasteiger partial charge < -0.3 is 4.90 Å². The average molecular weight is 310 g/mol. The van der Waals surface area contributed by atoms with Crippen molar-refractivity contribution in [2.45, 2.75) is 25.9 Å². The third-order valence-electron chi connectivity index (χ3n) is 2.01. The number of carbonyl (C=O) groups is 2. The number of nitrogens with zero attached hydrogens (tertiary/aromatic N) is 1. The first-order chi connectivity index (χ1) is 8.43. The summed E-state index contributed by atoms with van der Waals surface area (Å²) >= 11 is 5.14. The van der Waals surface area contributed by atoms with Crippen LogP contribution in [0.15, 0.2) is 0 Å². The smallest absolute Gasteiger partial charge is 0.330 e. The molecule has 0 fully saturated rings. The van der Waals surface area contributed by atoms with E-state index in [0.29, 0.717) is 0 Å². The van der Waals surface area contributed by atoms with E-state index in [2.05, 4.69) is 0 Å². The zero-order valence-electron chi connectivity index (χ0n) is 10.2. The minimum absolute atomic E-state index is 0.183. The van der Waals surface area contributed by atoms with E-state index in [1.807, 2.05) is 0 Å². The summed E-state index contributed by atoms with van der Waals surface area (Å²) in [6, 6.07) is 0. The molecule has 0 aliphatic carbocycles. The molecule has 0 spiro atoms. The van der Waals surface area contributed by atoms with Gasteiger partial charge in [0.1, 0.15) is 0 Å². The van der Waals surface area contributed by atoms with Gasteiger partial charge in [-0.3, -0.25) is 9.59 Å². The fraction of sp³-hybridized carbons (Fsp3) is 0.800. The fourth-order valence-electron chi connectivity index (χ4n) is 1.24. The Balaban J connectivity index is 5.15. The number of Topliss-reactive ketones (excluding diaryl/α,β-unsaturated/α-hetero) is 1. The Bertz CT molecular complexity index is 343. The molecule has 0 aromatic carbocycles. The minimum Gasteiger partial charge on any atom is -0.330 e. The predicted octanol–water partition coefficient (Wildman–Crippen LogP) is 2.48. The molecule has 9 heteroatoms. The number of rotatable bonds is 6. The molecule has 3 nitrogen and oxygen atoms in total. The molecular formula is C10H13ClF5NO2. The van der Waals surface area contributed by atoms with Crippen LogP contribution in [-0.2, 0) is 9.59 Å². The van der Waals surface area contributed by atoms with E-state index in [1.54, 1.807) is 0 Å². The van der Waals surface area contributed by atoms with Gasteiger partial charge in [-0.15, -0.1) is 11.6 Å². The lowest BCUT2D eigenvalue weighted by Crippen LogP contribution is -2.54. The molecule has 0 aliphatic rings. The van der Waals surface area contributed by atoms with Gasteiger partial charge in [-0.2, -0.15) is 22.0 Å². The van der Waals surface area contributed by atoms with Crippen molar-refractivity contribution >= 4 is 23.3 Å². The fourth-order valence-corrected chi connectivity index (χ4v) is 1.32. The van der Waals surface area contributed by atoms with E-state index in [9.17, 15) is 31.5 Å². The van der Waals surface area contributed by atoms with Crippen LogP contribution < -0.4 is 0 Å². The van der Waals surface area contributed by atoms with Gasteiger partial charge in [0.15, 0.2) is 5.78 Å². The second-order valence-corrected chi connectivity index (χ2v) is 4.59. The number of amides is 1. The zero-order chi connectivity index (χ0) is 15.4. The molecule has 0 rings (SSSR count). The van der Waals surface area contributed by atoms with Crippen molar-refractivity contribution in [2.24, 2.45) is 5.92 Å². The third kappa shape index (κ3) is 4.93. The van der Waals surface area contributed by atoms with Gasteiger partial charge in [0.05, 0.1) is 12.4 Å². The summed E-state index contributed by atoms with van der Waals surface area (Å²) in [7, 11) is 0. The van der Waals surface area contributed by atoms with Crippen LogP contribution in [0.4, 0.5) is 22.0 Å². The second kappa shape index (κ2) is 6.49. The van der Waals surface area contributed by atoms with Crippen molar-refractivity contribution in [3.63, 3.8) is 0 Å². The van der Waals surface area contributed by atoms with Crippen molar-refractivity contribution in [3.8, 4) is 0 Å². The van der Waals surface area contributed by atoms with Crippen molar-refractivity contribution in [1.82, 2.24) is 4.90 Å². The van der Waals surface area contributed by atoms with Gasteiger partial charge in [0.25, 0.3) is 0 Å². The molecule has 0 heterocycles. The third-order valence-corrected chi connectivity index (χ3v) is 2.31. The Hall–Kier alpha value is -0.920. The van der Waals surface area contributed by atoms with Crippen LogP contribution in [0.3, 0.4) is 0 Å². The van der Waals surface area contributed by atoms with Crippen molar-refractivity contribution in [2.75, 3.05) is 19.0 Å². The lowest BCUT2D eigenvalue weighted by Gasteiger charge is -2.28. The van der Waals surface area contributed by atoms with Gasteiger partial charge in [-0.1, -0.05) is 13.8 Å². The van der Waals surface area contributed by atoms with Crippen LogP contribution in [-0.4, -0.2) is 47.7 Å². The minimum atomic E-state index is -6.00. The largest absolute Gasteiger partial charge is 0.463 e. The summed E-state index contributed by atoms with van der Waals surface area (Å²) in [5.41, 5.74) is 0. The van der Waals surface area contributed by atoms with Crippen molar-refractivity contribution in [1.29, 1.82) is 0 Å². The number of carbonyl (C=O) groups excluding carboxylic acids is 2. The van der Waals surface area contributed by atoms with Gasteiger partial charge in [-0.05, 0) is 5.92 Å². The highest BCUT2D eigenvalue weighted by Gasteiger charge is 2.64. The summed E-state index contributed by atoms with van der Waals surface area (Å²) in [6.07, 6.45) is -6.00. The van der Waals surface area contributed by atoms with Gasteiger partial charge in [0, 0.05) is 6.54 Å². The molecule has 0 aromatic rings.